The fourth-order valence-electron chi connectivity index (χ4n) is 5.14. The predicted molar refractivity (Wildman–Crippen MR) is 154 cm³/mol. The van der Waals surface area contributed by atoms with E-state index in [2.05, 4.69) is 51.4 Å². The molecule has 0 saturated carbocycles. The van der Waals surface area contributed by atoms with Crippen molar-refractivity contribution in [2.75, 3.05) is 26.2 Å². The van der Waals surface area contributed by atoms with Gasteiger partial charge in [0.1, 0.15) is 7.85 Å². The molecule has 1 unspecified atom stereocenters. The van der Waals surface area contributed by atoms with Gasteiger partial charge in [-0.05, 0) is 68.0 Å². The summed E-state index contributed by atoms with van der Waals surface area (Å²) in [7, 11) is 2.83. The average Bonchev–Trinajstić information content (AvgIpc) is 3.08. The molecule has 0 bridgehead atoms. The maximum Gasteiger partial charge on any atom is 0.243 e. The second-order valence-corrected chi connectivity index (χ2v) is 12.8. The molecule has 0 spiro atoms. The van der Waals surface area contributed by atoms with Gasteiger partial charge in [0.2, 0.25) is 10.0 Å². The topological polar surface area (TPSA) is 74.1 Å². The lowest BCUT2D eigenvalue weighted by Crippen LogP contribution is -2.40. The number of fused-ring (bicyclic) bond motifs is 1. The molecule has 37 heavy (non-hydrogen) atoms. The number of hydrogen-bond donors (Lipinski definition) is 1. The van der Waals surface area contributed by atoms with E-state index in [1.807, 2.05) is 12.1 Å². The predicted octanol–water partition coefficient (Wildman–Crippen LogP) is 4.61. The van der Waals surface area contributed by atoms with Crippen LogP contribution < -0.4 is 5.32 Å². The van der Waals surface area contributed by atoms with E-state index in [9.17, 15) is 8.42 Å². The second kappa shape index (κ2) is 11.1. The van der Waals surface area contributed by atoms with Crippen molar-refractivity contribution in [2.24, 2.45) is 21.8 Å². The van der Waals surface area contributed by atoms with Gasteiger partial charge < -0.3 is 5.32 Å². The number of allylic oxidation sites excluding steroid dienone is 3. The summed E-state index contributed by atoms with van der Waals surface area (Å²) in [6.45, 7) is 4.62. The van der Waals surface area contributed by atoms with Crippen molar-refractivity contribution in [1.82, 2.24) is 9.62 Å². The maximum atomic E-state index is 13.1. The van der Waals surface area contributed by atoms with E-state index in [0.29, 0.717) is 35.9 Å². The number of hydrogen-bond acceptors (Lipinski definition) is 5. The summed E-state index contributed by atoms with van der Waals surface area (Å²) < 4.78 is 28.6. The third-order valence-electron chi connectivity index (χ3n) is 7.32. The minimum absolute atomic E-state index is 0.142. The first-order chi connectivity index (χ1) is 17.8. The lowest BCUT2D eigenvalue weighted by molar-refractivity contribution is 0.270. The highest BCUT2D eigenvalue weighted by molar-refractivity contribution is 9.10. The standard InChI is InChI=1S/C28H30BBrN4O2S/c1-19-4-2-3-5-25(19)27-15-23(14-21-17-31-18-26(29)28(21)33-27)32-16-20-10-12-34(13-11-20)37(35,36)24-8-6-22(30)7-9-24/h2-9,15,18,20-21,32H,10-14,16-17H2,1H3. The molecular formula is C28H30BBrN4O2S. The van der Waals surface area contributed by atoms with Crippen LogP contribution in [0.15, 0.2) is 90.8 Å². The summed E-state index contributed by atoms with van der Waals surface area (Å²) in [6, 6.07) is 15.1. The lowest BCUT2D eigenvalue weighted by atomic mass is 9.85. The highest BCUT2D eigenvalue weighted by atomic mass is 79.9. The molecule has 2 aromatic rings. The third-order valence-corrected chi connectivity index (χ3v) is 9.76. The van der Waals surface area contributed by atoms with Crippen LogP contribution in [0.25, 0.3) is 0 Å². The Hall–Kier alpha value is -2.49. The largest absolute Gasteiger partial charge is 0.388 e. The molecule has 190 valence electrons. The molecule has 0 amide bonds. The van der Waals surface area contributed by atoms with Gasteiger partial charge in [0, 0.05) is 59.7 Å². The summed E-state index contributed by atoms with van der Waals surface area (Å²) in [4.78, 5) is 9.81. The SMILES string of the molecule is [B]C1=C2N=C(c3ccccc3C)C=C(NCC3CCN(S(=O)(=O)c4ccc(Br)cc4)CC3)CC2CN=C1. The number of nitrogens with zero attached hydrogens (tertiary/aromatic N) is 3. The molecule has 1 atom stereocenters. The molecule has 3 aliphatic heterocycles. The van der Waals surface area contributed by atoms with Crippen LogP contribution in [-0.4, -0.2) is 58.7 Å². The van der Waals surface area contributed by atoms with Crippen molar-refractivity contribution in [3.8, 4) is 0 Å². The van der Waals surface area contributed by atoms with Gasteiger partial charge in [-0.15, -0.1) is 0 Å². The van der Waals surface area contributed by atoms with Crippen LogP contribution in [0, 0.1) is 18.8 Å². The monoisotopic (exact) mass is 576 g/mol. The van der Waals surface area contributed by atoms with Crippen LogP contribution in [0.1, 0.15) is 30.4 Å². The Bertz CT molecular complexity index is 1390. The maximum absolute atomic E-state index is 13.1. The van der Waals surface area contributed by atoms with Gasteiger partial charge >= 0.3 is 0 Å². The minimum atomic E-state index is -3.47. The van der Waals surface area contributed by atoms with E-state index < -0.39 is 10.0 Å². The van der Waals surface area contributed by atoms with E-state index in [0.717, 1.165) is 52.9 Å². The first-order valence-corrected chi connectivity index (χ1v) is 14.9. The third kappa shape index (κ3) is 5.84. The molecule has 1 fully saturated rings. The highest BCUT2D eigenvalue weighted by Crippen LogP contribution is 2.30. The van der Waals surface area contributed by atoms with Gasteiger partial charge in [0.25, 0.3) is 0 Å². The molecule has 0 aliphatic carbocycles. The van der Waals surface area contributed by atoms with E-state index in [4.69, 9.17) is 12.8 Å². The van der Waals surface area contributed by atoms with Gasteiger partial charge in [0.15, 0.2) is 0 Å². The van der Waals surface area contributed by atoms with Gasteiger partial charge in [-0.1, -0.05) is 45.7 Å². The fraction of sp³-hybridized carbons (Fsp3) is 0.357. The van der Waals surface area contributed by atoms with Crippen LogP contribution in [0.5, 0.6) is 0 Å². The number of aliphatic imine (C=N–C) groups is 2. The van der Waals surface area contributed by atoms with Crippen molar-refractivity contribution in [2.45, 2.75) is 31.1 Å². The molecule has 3 heterocycles. The first kappa shape index (κ1) is 26.1. The molecule has 5 rings (SSSR count). The zero-order valence-electron chi connectivity index (χ0n) is 20.9. The first-order valence-electron chi connectivity index (χ1n) is 12.7. The Kier molecular flexibility index (Phi) is 7.84. The van der Waals surface area contributed by atoms with E-state index >= 15 is 0 Å². The molecule has 2 aromatic carbocycles. The molecule has 0 aromatic heterocycles. The van der Waals surface area contributed by atoms with Crippen LogP contribution in [0.3, 0.4) is 0 Å². The normalized spacial score (nSPS) is 21.2. The zero-order chi connectivity index (χ0) is 26.0. The Morgan fingerprint density at radius 1 is 1.11 bits per heavy atom. The summed E-state index contributed by atoms with van der Waals surface area (Å²) >= 11 is 3.37. The number of piperidine rings is 1. The van der Waals surface area contributed by atoms with Crippen molar-refractivity contribution in [1.29, 1.82) is 0 Å². The zero-order valence-corrected chi connectivity index (χ0v) is 23.3. The van der Waals surface area contributed by atoms with Crippen LogP contribution in [0.4, 0.5) is 0 Å². The van der Waals surface area contributed by atoms with E-state index in [-0.39, 0.29) is 5.92 Å². The Morgan fingerprint density at radius 3 is 2.57 bits per heavy atom. The Morgan fingerprint density at radius 2 is 1.84 bits per heavy atom. The molecule has 1 N–H and O–H groups in total. The van der Waals surface area contributed by atoms with Gasteiger partial charge in [-0.25, -0.2) is 8.42 Å². The molecule has 2 radical (unpaired) electrons. The molecule has 9 heteroatoms. The quantitative estimate of drug-likeness (QED) is 0.511. The number of nitrogens with one attached hydrogen (secondary N) is 1. The van der Waals surface area contributed by atoms with E-state index in [1.165, 1.54) is 5.56 Å². The van der Waals surface area contributed by atoms with Gasteiger partial charge in [-0.2, -0.15) is 4.31 Å². The number of sulfonamides is 1. The molecule has 3 aliphatic rings. The van der Waals surface area contributed by atoms with Crippen molar-refractivity contribution in [3.05, 3.63) is 87.1 Å². The summed E-state index contributed by atoms with van der Waals surface area (Å²) in [6.07, 6.45) is 6.30. The summed E-state index contributed by atoms with van der Waals surface area (Å²) in [5, 5.41) is 3.68. The summed E-state index contributed by atoms with van der Waals surface area (Å²) in [5.74, 6) is 0.534. The van der Waals surface area contributed by atoms with Crippen LogP contribution in [-0.2, 0) is 10.0 Å². The number of benzene rings is 2. The lowest BCUT2D eigenvalue weighted by Gasteiger charge is -2.32. The number of rotatable bonds is 6. The van der Waals surface area contributed by atoms with Gasteiger partial charge in [-0.3, -0.25) is 9.98 Å². The van der Waals surface area contributed by atoms with Gasteiger partial charge in [0.05, 0.1) is 10.6 Å². The van der Waals surface area contributed by atoms with Crippen LogP contribution in [0.2, 0.25) is 0 Å². The second-order valence-electron chi connectivity index (χ2n) is 9.90. The number of dihydropyridines is 1. The fourth-order valence-corrected chi connectivity index (χ4v) is 6.88. The van der Waals surface area contributed by atoms with Crippen molar-refractivity contribution < 1.29 is 8.42 Å². The Labute approximate surface area is 229 Å². The highest BCUT2D eigenvalue weighted by Gasteiger charge is 2.30. The average molecular weight is 577 g/mol. The van der Waals surface area contributed by atoms with E-state index in [1.54, 1.807) is 34.8 Å². The summed E-state index contributed by atoms with van der Waals surface area (Å²) in [5.41, 5.74) is 5.84. The van der Waals surface area contributed by atoms with Crippen LogP contribution >= 0.6 is 15.9 Å². The molecule has 6 nitrogen and oxygen atoms in total. The Balaban J connectivity index is 1.27. The minimum Gasteiger partial charge on any atom is -0.388 e. The van der Waals surface area contributed by atoms with Crippen molar-refractivity contribution >= 4 is 45.7 Å². The van der Waals surface area contributed by atoms with Crippen molar-refractivity contribution in [3.63, 3.8) is 0 Å². The number of halogens is 1. The number of aryl methyl sites for hydroxylation is 1. The molecular weight excluding hydrogens is 547 g/mol. The molecule has 1 saturated heterocycles. The smallest absolute Gasteiger partial charge is 0.243 e.